The van der Waals surface area contributed by atoms with Crippen LogP contribution in [0.25, 0.3) is 22.7 Å². The first-order valence-electron chi connectivity index (χ1n) is 7.26. The van der Waals surface area contributed by atoms with Gasteiger partial charge >= 0.3 is 0 Å². The molecule has 0 amide bonds. The second kappa shape index (κ2) is 5.26. The molecule has 1 fully saturated rings. The SMILES string of the molecule is c1ccc(-c2nc3cccnc3n2CC2CCCO2)nc1. The summed E-state index contributed by atoms with van der Waals surface area (Å²) in [5, 5.41) is 0. The maximum absolute atomic E-state index is 5.77. The van der Waals surface area contributed by atoms with Gasteiger partial charge in [-0.15, -0.1) is 0 Å². The van der Waals surface area contributed by atoms with Gasteiger partial charge in [-0.25, -0.2) is 9.97 Å². The van der Waals surface area contributed by atoms with E-state index >= 15 is 0 Å². The van der Waals surface area contributed by atoms with E-state index in [2.05, 4.69) is 14.5 Å². The Labute approximate surface area is 122 Å². The van der Waals surface area contributed by atoms with Gasteiger partial charge in [0.2, 0.25) is 0 Å². The van der Waals surface area contributed by atoms with Gasteiger partial charge < -0.3 is 9.30 Å². The predicted octanol–water partition coefficient (Wildman–Crippen LogP) is 2.67. The van der Waals surface area contributed by atoms with E-state index < -0.39 is 0 Å². The van der Waals surface area contributed by atoms with Gasteiger partial charge in [-0.2, -0.15) is 0 Å². The van der Waals surface area contributed by atoms with E-state index in [1.165, 1.54) is 0 Å². The van der Waals surface area contributed by atoms with Crippen molar-refractivity contribution in [3.05, 3.63) is 42.7 Å². The Morgan fingerprint density at radius 2 is 2.10 bits per heavy atom. The third kappa shape index (κ3) is 2.29. The molecule has 0 N–H and O–H groups in total. The first-order chi connectivity index (χ1) is 10.4. The first-order valence-corrected chi connectivity index (χ1v) is 7.26. The zero-order chi connectivity index (χ0) is 14.1. The molecule has 4 heterocycles. The van der Waals surface area contributed by atoms with Gasteiger partial charge in [-0.1, -0.05) is 6.07 Å². The average molecular weight is 280 g/mol. The highest BCUT2D eigenvalue weighted by Gasteiger charge is 2.21. The van der Waals surface area contributed by atoms with Crippen molar-refractivity contribution in [2.75, 3.05) is 6.61 Å². The normalized spacial score (nSPS) is 18.4. The van der Waals surface area contributed by atoms with Crippen molar-refractivity contribution in [3.63, 3.8) is 0 Å². The van der Waals surface area contributed by atoms with Crippen LogP contribution in [-0.2, 0) is 11.3 Å². The Morgan fingerprint density at radius 1 is 1.14 bits per heavy atom. The summed E-state index contributed by atoms with van der Waals surface area (Å²) in [5.74, 6) is 0.861. The highest BCUT2D eigenvalue weighted by Crippen LogP contribution is 2.24. The molecule has 0 spiro atoms. The molecule has 4 rings (SSSR count). The molecule has 106 valence electrons. The topological polar surface area (TPSA) is 52.8 Å². The second-order valence-corrected chi connectivity index (χ2v) is 5.24. The summed E-state index contributed by atoms with van der Waals surface area (Å²) < 4.78 is 7.90. The van der Waals surface area contributed by atoms with Gasteiger partial charge in [0.25, 0.3) is 0 Å². The van der Waals surface area contributed by atoms with E-state index in [0.717, 1.165) is 48.7 Å². The second-order valence-electron chi connectivity index (χ2n) is 5.24. The van der Waals surface area contributed by atoms with Crippen molar-refractivity contribution in [2.45, 2.75) is 25.5 Å². The lowest BCUT2D eigenvalue weighted by Gasteiger charge is -2.13. The minimum atomic E-state index is 0.242. The first kappa shape index (κ1) is 12.5. The molecular weight excluding hydrogens is 264 g/mol. The summed E-state index contributed by atoms with van der Waals surface area (Å²) in [4.78, 5) is 13.6. The van der Waals surface area contributed by atoms with Crippen molar-refractivity contribution >= 4 is 11.2 Å². The van der Waals surface area contributed by atoms with Crippen LogP contribution in [0.3, 0.4) is 0 Å². The Morgan fingerprint density at radius 3 is 2.90 bits per heavy atom. The molecule has 5 nitrogen and oxygen atoms in total. The molecule has 0 aromatic carbocycles. The number of hydrogen-bond donors (Lipinski definition) is 0. The van der Waals surface area contributed by atoms with E-state index in [4.69, 9.17) is 9.72 Å². The molecule has 3 aromatic rings. The lowest BCUT2D eigenvalue weighted by Crippen LogP contribution is -2.16. The molecule has 0 saturated carbocycles. The van der Waals surface area contributed by atoms with E-state index in [1.54, 1.807) is 12.4 Å². The third-order valence-electron chi connectivity index (χ3n) is 3.81. The Balaban J connectivity index is 1.84. The number of imidazole rings is 1. The number of nitrogens with zero attached hydrogens (tertiary/aromatic N) is 4. The van der Waals surface area contributed by atoms with E-state index in [-0.39, 0.29) is 6.10 Å². The number of fused-ring (bicyclic) bond motifs is 1. The van der Waals surface area contributed by atoms with Crippen molar-refractivity contribution in [3.8, 4) is 11.5 Å². The van der Waals surface area contributed by atoms with Gasteiger partial charge in [0.1, 0.15) is 11.2 Å². The number of pyridine rings is 2. The van der Waals surface area contributed by atoms with Crippen LogP contribution in [0.2, 0.25) is 0 Å². The molecule has 5 heteroatoms. The van der Waals surface area contributed by atoms with Crippen LogP contribution in [0.5, 0.6) is 0 Å². The number of rotatable bonds is 3. The predicted molar refractivity (Wildman–Crippen MR) is 79.7 cm³/mol. The zero-order valence-electron chi connectivity index (χ0n) is 11.6. The lowest BCUT2D eigenvalue weighted by molar-refractivity contribution is 0.0981. The van der Waals surface area contributed by atoms with Crippen molar-refractivity contribution in [1.82, 2.24) is 19.5 Å². The molecule has 1 aliphatic heterocycles. The van der Waals surface area contributed by atoms with E-state index in [0.29, 0.717) is 0 Å². The summed E-state index contributed by atoms with van der Waals surface area (Å²) in [6.45, 7) is 1.63. The molecule has 0 radical (unpaired) electrons. The Bertz CT molecular complexity index is 747. The Kier molecular flexibility index (Phi) is 3.12. The zero-order valence-corrected chi connectivity index (χ0v) is 11.6. The van der Waals surface area contributed by atoms with Gasteiger partial charge in [0.05, 0.1) is 12.6 Å². The van der Waals surface area contributed by atoms with Crippen molar-refractivity contribution < 1.29 is 4.74 Å². The summed E-state index contributed by atoms with van der Waals surface area (Å²) in [6.07, 6.45) is 6.06. The van der Waals surface area contributed by atoms with E-state index in [1.807, 2.05) is 30.3 Å². The van der Waals surface area contributed by atoms with Crippen LogP contribution in [-0.4, -0.2) is 32.2 Å². The molecule has 3 aromatic heterocycles. The number of ether oxygens (including phenoxy) is 1. The largest absolute Gasteiger partial charge is 0.376 e. The van der Waals surface area contributed by atoms with Gasteiger partial charge in [0, 0.05) is 19.0 Å². The van der Waals surface area contributed by atoms with Crippen molar-refractivity contribution in [1.29, 1.82) is 0 Å². The molecule has 0 bridgehead atoms. The summed E-state index contributed by atoms with van der Waals surface area (Å²) in [6, 6.07) is 9.77. The Hall–Kier alpha value is -2.27. The van der Waals surface area contributed by atoms with Gasteiger partial charge in [-0.3, -0.25) is 4.98 Å². The molecule has 1 saturated heterocycles. The molecular formula is C16H16N4O. The monoisotopic (exact) mass is 280 g/mol. The maximum atomic E-state index is 5.77. The lowest BCUT2D eigenvalue weighted by atomic mass is 10.2. The molecule has 1 atom stereocenters. The van der Waals surface area contributed by atoms with Crippen LogP contribution in [0.15, 0.2) is 42.7 Å². The van der Waals surface area contributed by atoms with Crippen LogP contribution < -0.4 is 0 Å². The van der Waals surface area contributed by atoms with Gasteiger partial charge in [0.15, 0.2) is 11.5 Å². The smallest absolute Gasteiger partial charge is 0.161 e. The molecule has 1 aliphatic rings. The summed E-state index contributed by atoms with van der Waals surface area (Å²) >= 11 is 0. The van der Waals surface area contributed by atoms with E-state index in [9.17, 15) is 0 Å². The standard InChI is InChI=1S/C16H16N4O/c1-2-8-17-13(6-1)16-19-14-7-3-9-18-15(14)20(16)11-12-5-4-10-21-12/h1-3,6-9,12H,4-5,10-11H2. The molecule has 21 heavy (non-hydrogen) atoms. The fourth-order valence-electron chi connectivity index (χ4n) is 2.81. The third-order valence-corrected chi connectivity index (χ3v) is 3.81. The number of aromatic nitrogens is 4. The molecule has 0 aliphatic carbocycles. The van der Waals surface area contributed by atoms with Crippen molar-refractivity contribution in [2.24, 2.45) is 0 Å². The summed E-state index contributed by atoms with van der Waals surface area (Å²) in [5.41, 5.74) is 2.67. The molecule has 1 unspecified atom stereocenters. The average Bonchev–Trinajstić information content (AvgIpc) is 3.17. The van der Waals surface area contributed by atoms with Crippen LogP contribution in [0.1, 0.15) is 12.8 Å². The minimum absolute atomic E-state index is 0.242. The maximum Gasteiger partial charge on any atom is 0.161 e. The van der Waals surface area contributed by atoms with Crippen LogP contribution in [0, 0.1) is 0 Å². The highest BCUT2D eigenvalue weighted by atomic mass is 16.5. The van der Waals surface area contributed by atoms with Crippen LogP contribution >= 0.6 is 0 Å². The minimum Gasteiger partial charge on any atom is -0.376 e. The van der Waals surface area contributed by atoms with Gasteiger partial charge in [-0.05, 0) is 37.1 Å². The number of hydrogen-bond acceptors (Lipinski definition) is 4. The quantitative estimate of drug-likeness (QED) is 0.740. The van der Waals surface area contributed by atoms with Crippen LogP contribution in [0.4, 0.5) is 0 Å². The summed E-state index contributed by atoms with van der Waals surface area (Å²) in [7, 11) is 0. The fraction of sp³-hybridized carbons (Fsp3) is 0.312. The highest BCUT2D eigenvalue weighted by molar-refractivity contribution is 5.76. The fourth-order valence-corrected chi connectivity index (χ4v) is 2.81.